The van der Waals surface area contributed by atoms with Gasteiger partial charge in [-0.15, -0.1) is 0 Å². The molecule has 0 amide bonds. The van der Waals surface area contributed by atoms with Gasteiger partial charge < -0.3 is 9.47 Å². The number of aryl methyl sites for hydroxylation is 2. The van der Waals surface area contributed by atoms with E-state index in [1.54, 1.807) is 0 Å². The van der Waals surface area contributed by atoms with E-state index in [0.717, 1.165) is 57.7 Å². The summed E-state index contributed by atoms with van der Waals surface area (Å²) in [5, 5.41) is 0. The summed E-state index contributed by atoms with van der Waals surface area (Å²) in [5.41, 5.74) is 14.2. The van der Waals surface area contributed by atoms with Crippen molar-refractivity contribution in [1.29, 1.82) is 0 Å². The SMILES string of the molecule is c1ccc(-c2cc(OCc3ccc(CCc4ccc(COc5cc(-c6ccccc6)cc(-c6ccccc6)c5)cc4)cc3)cc(-c3ccccc3)c2)cc1. The van der Waals surface area contributed by atoms with Gasteiger partial charge in [-0.25, -0.2) is 0 Å². The predicted molar refractivity (Wildman–Crippen MR) is 224 cm³/mol. The van der Waals surface area contributed by atoms with Crippen molar-refractivity contribution >= 4 is 0 Å². The van der Waals surface area contributed by atoms with Crippen molar-refractivity contribution in [3.05, 3.63) is 229 Å². The van der Waals surface area contributed by atoms with Gasteiger partial charge in [-0.05, 0) is 116 Å². The van der Waals surface area contributed by atoms with Crippen LogP contribution in [0.1, 0.15) is 22.3 Å². The minimum Gasteiger partial charge on any atom is -0.489 e. The molecule has 0 aliphatic carbocycles. The first-order chi connectivity index (χ1) is 26.7. The van der Waals surface area contributed by atoms with E-state index in [2.05, 4.69) is 182 Å². The highest BCUT2D eigenvalue weighted by molar-refractivity contribution is 5.76. The first kappa shape index (κ1) is 34.4. The Morgan fingerprint density at radius 2 is 0.500 bits per heavy atom. The summed E-state index contributed by atoms with van der Waals surface area (Å²) in [6.45, 7) is 1.03. The summed E-state index contributed by atoms with van der Waals surface area (Å²) < 4.78 is 12.8. The number of ether oxygens (including phenoxy) is 2. The van der Waals surface area contributed by atoms with E-state index in [9.17, 15) is 0 Å². The van der Waals surface area contributed by atoms with Crippen molar-refractivity contribution in [3.63, 3.8) is 0 Å². The van der Waals surface area contributed by atoms with Crippen LogP contribution in [0.5, 0.6) is 11.5 Å². The first-order valence-corrected chi connectivity index (χ1v) is 18.6. The second-order valence-corrected chi connectivity index (χ2v) is 13.7. The Hall–Kier alpha value is -6.64. The van der Waals surface area contributed by atoms with Crippen LogP contribution in [0.15, 0.2) is 206 Å². The Balaban J connectivity index is 0.871. The van der Waals surface area contributed by atoms with Crippen LogP contribution in [0.4, 0.5) is 0 Å². The fourth-order valence-corrected chi connectivity index (χ4v) is 6.78. The molecule has 54 heavy (non-hydrogen) atoms. The minimum atomic E-state index is 0.514. The normalized spacial score (nSPS) is 10.9. The molecule has 0 atom stereocenters. The maximum atomic E-state index is 6.39. The van der Waals surface area contributed by atoms with Crippen LogP contribution in [0.3, 0.4) is 0 Å². The van der Waals surface area contributed by atoms with Crippen LogP contribution < -0.4 is 9.47 Å². The van der Waals surface area contributed by atoms with Crippen LogP contribution in [0.25, 0.3) is 44.5 Å². The molecule has 0 aliphatic rings. The summed E-state index contributed by atoms with van der Waals surface area (Å²) in [4.78, 5) is 0. The quantitative estimate of drug-likeness (QED) is 0.119. The molecule has 0 N–H and O–H groups in total. The molecule has 8 rings (SSSR count). The van der Waals surface area contributed by atoms with Gasteiger partial charge in [0.1, 0.15) is 24.7 Å². The molecule has 0 aromatic heterocycles. The maximum absolute atomic E-state index is 6.39. The monoisotopic (exact) mass is 698 g/mol. The summed E-state index contributed by atoms with van der Waals surface area (Å²) >= 11 is 0. The van der Waals surface area contributed by atoms with Crippen molar-refractivity contribution in [2.75, 3.05) is 0 Å². The standard InChI is InChI=1S/C52H42O2/c1-5-13-43(14-6-1)47-31-48(44-15-7-2-8-16-44)34-51(33-47)53-37-41-27-23-39(24-28-41)21-22-40-25-29-42(30-26-40)38-54-52-35-49(45-17-9-3-10-18-45)32-50(36-52)46-19-11-4-12-20-46/h1-20,23-36H,21-22,37-38H2. The second kappa shape index (κ2) is 16.8. The van der Waals surface area contributed by atoms with Gasteiger partial charge in [0.25, 0.3) is 0 Å². The van der Waals surface area contributed by atoms with Gasteiger partial charge in [-0.2, -0.15) is 0 Å². The fraction of sp³-hybridized carbons (Fsp3) is 0.0769. The lowest BCUT2D eigenvalue weighted by Gasteiger charge is -2.13. The van der Waals surface area contributed by atoms with Crippen molar-refractivity contribution < 1.29 is 9.47 Å². The Labute approximate surface area is 319 Å². The van der Waals surface area contributed by atoms with Gasteiger partial charge in [0.2, 0.25) is 0 Å². The Morgan fingerprint density at radius 3 is 0.778 bits per heavy atom. The van der Waals surface area contributed by atoms with E-state index in [1.807, 2.05) is 24.3 Å². The minimum absolute atomic E-state index is 0.514. The van der Waals surface area contributed by atoms with Crippen LogP contribution in [0, 0.1) is 0 Å². The van der Waals surface area contributed by atoms with E-state index in [1.165, 1.54) is 33.4 Å². The molecular weight excluding hydrogens is 657 g/mol. The molecule has 0 fully saturated rings. The Kier molecular flexibility index (Phi) is 10.7. The second-order valence-electron chi connectivity index (χ2n) is 13.7. The van der Waals surface area contributed by atoms with E-state index in [-0.39, 0.29) is 0 Å². The number of rotatable bonds is 13. The molecule has 0 heterocycles. The first-order valence-electron chi connectivity index (χ1n) is 18.6. The lowest BCUT2D eigenvalue weighted by molar-refractivity contribution is 0.306. The van der Waals surface area contributed by atoms with E-state index >= 15 is 0 Å². The molecular formula is C52H42O2. The lowest BCUT2D eigenvalue weighted by atomic mass is 9.98. The van der Waals surface area contributed by atoms with Crippen molar-refractivity contribution in [1.82, 2.24) is 0 Å². The van der Waals surface area contributed by atoms with Gasteiger partial charge in [-0.1, -0.05) is 170 Å². The molecule has 0 saturated heterocycles. The summed E-state index contributed by atoms with van der Waals surface area (Å²) in [6, 6.07) is 72.6. The molecule has 262 valence electrons. The zero-order chi connectivity index (χ0) is 36.4. The largest absolute Gasteiger partial charge is 0.489 e. The molecule has 2 nitrogen and oxygen atoms in total. The highest BCUT2D eigenvalue weighted by Crippen LogP contribution is 2.33. The van der Waals surface area contributed by atoms with E-state index in [0.29, 0.717) is 13.2 Å². The lowest BCUT2D eigenvalue weighted by Crippen LogP contribution is -1.98. The molecule has 0 saturated carbocycles. The number of benzene rings is 8. The molecule has 8 aromatic rings. The van der Waals surface area contributed by atoms with Crippen molar-refractivity contribution in [3.8, 4) is 56.0 Å². The smallest absolute Gasteiger partial charge is 0.121 e. The fourth-order valence-electron chi connectivity index (χ4n) is 6.78. The summed E-state index contributed by atoms with van der Waals surface area (Å²) in [6.07, 6.45) is 1.95. The summed E-state index contributed by atoms with van der Waals surface area (Å²) in [7, 11) is 0. The van der Waals surface area contributed by atoms with E-state index < -0.39 is 0 Å². The van der Waals surface area contributed by atoms with Crippen LogP contribution in [-0.4, -0.2) is 0 Å². The van der Waals surface area contributed by atoms with Gasteiger partial charge in [0, 0.05) is 0 Å². The van der Waals surface area contributed by atoms with Gasteiger partial charge in [0.15, 0.2) is 0 Å². The molecule has 0 spiro atoms. The number of hydrogen-bond donors (Lipinski definition) is 0. The number of hydrogen-bond acceptors (Lipinski definition) is 2. The van der Waals surface area contributed by atoms with Gasteiger partial charge in [0.05, 0.1) is 0 Å². The van der Waals surface area contributed by atoms with Gasteiger partial charge in [-0.3, -0.25) is 0 Å². The van der Waals surface area contributed by atoms with E-state index in [4.69, 9.17) is 9.47 Å². The molecule has 0 radical (unpaired) electrons. The molecule has 0 bridgehead atoms. The van der Waals surface area contributed by atoms with Gasteiger partial charge >= 0.3 is 0 Å². The molecule has 0 unspecified atom stereocenters. The average Bonchev–Trinajstić information content (AvgIpc) is 3.26. The third-order valence-corrected chi connectivity index (χ3v) is 9.80. The van der Waals surface area contributed by atoms with Crippen LogP contribution >= 0.6 is 0 Å². The zero-order valence-electron chi connectivity index (χ0n) is 30.3. The molecule has 0 aliphatic heterocycles. The Morgan fingerprint density at radius 1 is 0.241 bits per heavy atom. The average molecular weight is 699 g/mol. The molecule has 8 aromatic carbocycles. The van der Waals surface area contributed by atoms with Crippen molar-refractivity contribution in [2.45, 2.75) is 26.1 Å². The highest BCUT2D eigenvalue weighted by atomic mass is 16.5. The zero-order valence-corrected chi connectivity index (χ0v) is 30.3. The van der Waals surface area contributed by atoms with Crippen molar-refractivity contribution in [2.24, 2.45) is 0 Å². The Bertz CT molecular complexity index is 2100. The third-order valence-electron chi connectivity index (χ3n) is 9.80. The van der Waals surface area contributed by atoms with Crippen LogP contribution in [-0.2, 0) is 26.1 Å². The summed E-state index contributed by atoms with van der Waals surface area (Å²) in [5.74, 6) is 1.73. The predicted octanol–water partition coefficient (Wildman–Crippen LogP) is 13.3. The maximum Gasteiger partial charge on any atom is 0.121 e. The molecule has 2 heteroatoms. The van der Waals surface area contributed by atoms with Crippen LogP contribution in [0.2, 0.25) is 0 Å². The highest BCUT2D eigenvalue weighted by Gasteiger charge is 2.09. The third kappa shape index (κ3) is 8.86. The topological polar surface area (TPSA) is 18.5 Å².